The standard InChI is InChI=1S/C14H14N2O/c15-12-6-4-11(5-7-12)14(9-17-10-14)13-3-1-2-8-16-13/h1-8H,9-10,15H2. The monoisotopic (exact) mass is 226 g/mol. The van der Waals surface area contributed by atoms with Crippen LogP contribution < -0.4 is 5.73 Å². The van der Waals surface area contributed by atoms with Crippen molar-refractivity contribution in [2.75, 3.05) is 18.9 Å². The molecule has 2 N–H and O–H groups in total. The Morgan fingerprint density at radius 1 is 1.06 bits per heavy atom. The maximum atomic E-state index is 5.72. The third kappa shape index (κ3) is 1.59. The maximum Gasteiger partial charge on any atom is 0.0841 e. The van der Waals surface area contributed by atoms with Gasteiger partial charge in [0.15, 0.2) is 0 Å². The first-order chi connectivity index (χ1) is 8.31. The van der Waals surface area contributed by atoms with Crippen LogP contribution in [0.1, 0.15) is 11.3 Å². The lowest BCUT2D eigenvalue weighted by Gasteiger charge is -2.41. The van der Waals surface area contributed by atoms with Crippen LogP contribution in [0, 0.1) is 0 Å². The number of hydrogen-bond acceptors (Lipinski definition) is 3. The predicted octanol–water partition coefficient (Wildman–Crippen LogP) is 1.98. The lowest BCUT2D eigenvalue weighted by Crippen LogP contribution is -2.48. The molecule has 86 valence electrons. The fourth-order valence-electron chi connectivity index (χ4n) is 2.22. The molecule has 3 rings (SSSR count). The van der Waals surface area contributed by atoms with Crippen LogP contribution >= 0.6 is 0 Å². The van der Waals surface area contributed by atoms with E-state index in [1.54, 1.807) is 0 Å². The van der Waals surface area contributed by atoms with Crippen molar-refractivity contribution < 1.29 is 4.74 Å². The molecule has 1 aromatic carbocycles. The fourth-order valence-corrected chi connectivity index (χ4v) is 2.22. The van der Waals surface area contributed by atoms with Gasteiger partial charge >= 0.3 is 0 Å². The number of rotatable bonds is 2. The van der Waals surface area contributed by atoms with E-state index in [2.05, 4.69) is 23.2 Å². The van der Waals surface area contributed by atoms with Crippen molar-refractivity contribution in [2.24, 2.45) is 0 Å². The Hall–Kier alpha value is -1.87. The van der Waals surface area contributed by atoms with Crippen molar-refractivity contribution in [1.82, 2.24) is 4.98 Å². The van der Waals surface area contributed by atoms with Crippen LogP contribution in [0.25, 0.3) is 0 Å². The van der Waals surface area contributed by atoms with Gasteiger partial charge in [-0.1, -0.05) is 18.2 Å². The molecule has 3 nitrogen and oxygen atoms in total. The summed E-state index contributed by atoms with van der Waals surface area (Å²) in [6.07, 6.45) is 1.83. The van der Waals surface area contributed by atoms with Gasteiger partial charge in [-0.25, -0.2) is 0 Å². The molecule has 1 aliphatic rings. The van der Waals surface area contributed by atoms with E-state index < -0.39 is 0 Å². The predicted molar refractivity (Wildman–Crippen MR) is 66.7 cm³/mol. The highest BCUT2D eigenvalue weighted by molar-refractivity contribution is 5.45. The average molecular weight is 226 g/mol. The van der Waals surface area contributed by atoms with E-state index in [0.717, 1.165) is 11.4 Å². The van der Waals surface area contributed by atoms with Crippen LogP contribution in [0.2, 0.25) is 0 Å². The molecule has 0 atom stereocenters. The average Bonchev–Trinajstić information content (AvgIpc) is 2.32. The largest absolute Gasteiger partial charge is 0.399 e. The van der Waals surface area contributed by atoms with E-state index in [4.69, 9.17) is 10.5 Å². The molecule has 0 bridgehead atoms. The molecule has 0 saturated carbocycles. The van der Waals surface area contributed by atoms with Gasteiger partial charge in [0.25, 0.3) is 0 Å². The fraction of sp³-hybridized carbons (Fsp3) is 0.214. The highest BCUT2D eigenvalue weighted by atomic mass is 16.5. The normalized spacial score (nSPS) is 17.4. The summed E-state index contributed by atoms with van der Waals surface area (Å²) < 4.78 is 5.41. The minimum Gasteiger partial charge on any atom is -0.399 e. The second-order valence-electron chi connectivity index (χ2n) is 4.41. The van der Waals surface area contributed by atoms with E-state index in [9.17, 15) is 0 Å². The van der Waals surface area contributed by atoms with Crippen molar-refractivity contribution in [1.29, 1.82) is 0 Å². The minimum atomic E-state index is -0.0883. The van der Waals surface area contributed by atoms with Crippen molar-refractivity contribution in [2.45, 2.75) is 5.41 Å². The van der Waals surface area contributed by atoms with Gasteiger partial charge in [0.1, 0.15) is 0 Å². The first kappa shape index (κ1) is 10.3. The SMILES string of the molecule is Nc1ccc(C2(c3ccccn3)COC2)cc1. The van der Waals surface area contributed by atoms with Gasteiger partial charge in [-0.15, -0.1) is 0 Å². The number of nitrogen functional groups attached to an aromatic ring is 1. The Morgan fingerprint density at radius 3 is 2.35 bits per heavy atom. The summed E-state index contributed by atoms with van der Waals surface area (Å²) in [5.74, 6) is 0. The van der Waals surface area contributed by atoms with E-state index in [1.165, 1.54) is 5.56 Å². The number of nitrogens with zero attached hydrogens (tertiary/aromatic N) is 1. The molecule has 2 aromatic rings. The maximum absolute atomic E-state index is 5.72. The van der Waals surface area contributed by atoms with Gasteiger partial charge in [0, 0.05) is 11.9 Å². The molecule has 2 heterocycles. The van der Waals surface area contributed by atoms with Crippen molar-refractivity contribution in [3.8, 4) is 0 Å². The number of anilines is 1. The molecule has 0 radical (unpaired) electrons. The summed E-state index contributed by atoms with van der Waals surface area (Å²) >= 11 is 0. The molecule has 1 aromatic heterocycles. The highest BCUT2D eigenvalue weighted by Crippen LogP contribution is 2.38. The number of nitrogens with two attached hydrogens (primary N) is 1. The van der Waals surface area contributed by atoms with Crippen molar-refractivity contribution in [3.05, 3.63) is 59.9 Å². The summed E-state index contributed by atoms with van der Waals surface area (Å²) in [6, 6.07) is 14.0. The van der Waals surface area contributed by atoms with Gasteiger partial charge in [-0.2, -0.15) is 0 Å². The van der Waals surface area contributed by atoms with Crippen LogP contribution in [0.4, 0.5) is 5.69 Å². The van der Waals surface area contributed by atoms with Gasteiger partial charge in [-0.3, -0.25) is 4.98 Å². The first-order valence-electron chi connectivity index (χ1n) is 5.66. The third-order valence-electron chi connectivity index (χ3n) is 3.32. The summed E-state index contributed by atoms with van der Waals surface area (Å²) in [7, 11) is 0. The summed E-state index contributed by atoms with van der Waals surface area (Å²) in [6.45, 7) is 1.38. The molecule has 1 aliphatic heterocycles. The molecule has 0 aliphatic carbocycles. The number of aromatic nitrogens is 1. The quantitative estimate of drug-likeness (QED) is 0.796. The molecule has 1 fully saturated rings. The van der Waals surface area contributed by atoms with Crippen molar-refractivity contribution in [3.63, 3.8) is 0 Å². The van der Waals surface area contributed by atoms with Crippen LogP contribution in [-0.2, 0) is 10.2 Å². The number of ether oxygens (including phenoxy) is 1. The first-order valence-corrected chi connectivity index (χ1v) is 5.66. The third-order valence-corrected chi connectivity index (χ3v) is 3.32. The van der Waals surface area contributed by atoms with Crippen LogP contribution in [0.3, 0.4) is 0 Å². The van der Waals surface area contributed by atoms with Gasteiger partial charge < -0.3 is 10.5 Å². The molecule has 1 saturated heterocycles. The lowest BCUT2D eigenvalue weighted by molar-refractivity contribution is -0.0400. The van der Waals surface area contributed by atoms with E-state index in [-0.39, 0.29) is 5.41 Å². The van der Waals surface area contributed by atoms with E-state index in [1.807, 2.05) is 30.5 Å². The van der Waals surface area contributed by atoms with E-state index >= 15 is 0 Å². The lowest BCUT2D eigenvalue weighted by atomic mass is 9.75. The van der Waals surface area contributed by atoms with Gasteiger partial charge in [-0.05, 0) is 29.8 Å². The number of benzene rings is 1. The molecular weight excluding hydrogens is 212 g/mol. The minimum absolute atomic E-state index is 0.0883. The van der Waals surface area contributed by atoms with Crippen molar-refractivity contribution >= 4 is 5.69 Å². The Labute approximate surface area is 100 Å². The molecule has 0 amide bonds. The Balaban J connectivity index is 2.06. The number of hydrogen-bond donors (Lipinski definition) is 1. The molecule has 0 spiro atoms. The summed E-state index contributed by atoms with van der Waals surface area (Å²) in [4.78, 5) is 4.46. The van der Waals surface area contributed by atoms with Crippen LogP contribution in [0.15, 0.2) is 48.7 Å². The zero-order valence-electron chi connectivity index (χ0n) is 9.47. The molecular formula is C14H14N2O. The zero-order chi connectivity index (χ0) is 11.7. The number of pyridine rings is 1. The Bertz CT molecular complexity index is 504. The summed E-state index contributed by atoms with van der Waals surface area (Å²) in [5, 5.41) is 0. The molecule has 3 heteroatoms. The summed E-state index contributed by atoms with van der Waals surface area (Å²) in [5.41, 5.74) is 8.70. The van der Waals surface area contributed by atoms with Gasteiger partial charge in [0.2, 0.25) is 0 Å². The van der Waals surface area contributed by atoms with Crippen LogP contribution in [-0.4, -0.2) is 18.2 Å². The Kier molecular flexibility index (Phi) is 2.34. The highest BCUT2D eigenvalue weighted by Gasteiger charge is 2.43. The smallest absolute Gasteiger partial charge is 0.0841 e. The van der Waals surface area contributed by atoms with Gasteiger partial charge in [0.05, 0.1) is 24.3 Å². The van der Waals surface area contributed by atoms with Crippen LogP contribution in [0.5, 0.6) is 0 Å². The van der Waals surface area contributed by atoms with E-state index in [0.29, 0.717) is 13.2 Å². The molecule has 0 unspecified atom stereocenters. The molecule has 17 heavy (non-hydrogen) atoms. The zero-order valence-corrected chi connectivity index (χ0v) is 9.47. The Morgan fingerprint density at radius 2 is 1.82 bits per heavy atom. The second-order valence-corrected chi connectivity index (χ2v) is 4.41. The second kappa shape index (κ2) is 3.86. The topological polar surface area (TPSA) is 48.1 Å².